The van der Waals surface area contributed by atoms with Crippen molar-refractivity contribution in [3.05, 3.63) is 54.6 Å². The molecule has 0 saturated heterocycles. The Morgan fingerprint density at radius 3 is 2.43 bits per heavy atom. The summed E-state index contributed by atoms with van der Waals surface area (Å²) < 4.78 is 7.28. The molecule has 0 unspecified atom stereocenters. The van der Waals surface area contributed by atoms with Gasteiger partial charge in [-0.2, -0.15) is 0 Å². The zero-order chi connectivity index (χ0) is 16.1. The molecule has 3 aromatic rings. The lowest BCUT2D eigenvalue weighted by molar-refractivity contribution is 0.414. The summed E-state index contributed by atoms with van der Waals surface area (Å²) in [5.41, 5.74) is 2.01. The van der Waals surface area contributed by atoms with E-state index in [1.807, 2.05) is 59.2 Å². The van der Waals surface area contributed by atoms with Gasteiger partial charge in [0.25, 0.3) is 0 Å². The van der Waals surface area contributed by atoms with Gasteiger partial charge in [0, 0.05) is 22.9 Å². The third-order valence-corrected chi connectivity index (χ3v) is 4.65. The van der Waals surface area contributed by atoms with E-state index in [4.69, 9.17) is 16.3 Å². The van der Waals surface area contributed by atoms with E-state index < -0.39 is 0 Å². The number of halogens is 1. The molecule has 0 saturated carbocycles. The minimum Gasteiger partial charge on any atom is -0.497 e. The number of rotatable bonds is 6. The second kappa shape index (κ2) is 7.53. The number of nitrogens with zero attached hydrogens (tertiary/aromatic N) is 3. The van der Waals surface area contributed by atoms with Gasteiger partial charge < -0.3 is 4.74 Å². The maximum atomic E-state index is 5.82. The van der Waals surface area contributed by atoms with Crippen LogP contribution in [-0.4, -0.2) is 33.5 Å². The number of ether oxygens (including phenoxy) is 1. The van der Waals surface area contributed by atoms with Gasteiger partial charge in [0.1, 0.15) is 5.75 Å². The third-order valence-electron chi connectivity index (χ3n) is 3.30. The van der Waals surface area contributed by atoms with Crippen LogP contribution >= 0.6 is 23.4 Å². The molecule has 0 bridgehead atoms. The summed E-state index contributed by atoms with van der Waals surface area (Å²) >= 11 is 7.41. The lowest BCUT2D eigenvalue weighted by atomic mass is 10.2. The fraction of sp³-hybridized carbons (Fsp3) is 0.176. The summed E-state index contributed by atoms with van der Waals surface area (Å²) in [6.45, 7) is 0. The number of methoxy groups -OCH3 is 1. The first-order valence-electron chi connectivity index (χ1n) is 7.17. The zero-order valence-electron chi connectivity index (χ0n) is 12.6. The topological polar surface area (TPSA) is 39.9 Å². The first-order valence-corrected chi connectivity index (χ1v) is 8.69. The Hall–Kier alpha value is -1.98. The molecule has 0 aliphatic carbocycles. The maximum Gasteiger partial charge on any atom is 0.196 e. The minimum atomic E-state index is 0.570. The molecule has 0 radical (unpaired) electrons. The Morgan fingerprint density at radius 2 is 1.78 bits per heavy atom. The van der Waals surface area contributed by atoms with Crippen molar-refractivity contribution in [3.8, 4) is 22.8 Å². The van der Waals surface area contributed by atoms with Gasteiger partial charge >= 0.3 is 0 Å². The van der Waals surface area contributed by atoms with Crippen molar-refractivity contribution in [1.29, 1.82) is 0 Å². The SMILES string of the molecule is COc1ccc(-n2c(SCCCl)nnc2-c2ccccc2)cc1. The van der Waals surface area contributed by atoms with Crippen molar-refractivity contribution in [2.45, 2.75) is 5.16 Å². The fourth-order valence-electron chi connectivity index (χ4n) is 2.23. The number of hydrogen-bond acceptors (Lipinski definition) is 4. The number of hydrogen-bond donors (Lipinski definition) is 0. The van der Waals surface area contributed by atoms with Crippen LogP contribution in [0.15, 0.2) is 59.8 Å². The molecule has 23 heavy (non-hydrogen) atoms. The summed E-state index contributed by atoms with van der Waals surface area (Å²) in [6.07, 6.45) is 0. The summed E-state index contributed by atoms with van der Waals surface area (Å²) in [6, 6.07) is 17.9. The number of aromatic nitrogens is 3. The van der Waals surface area contributed by atoms with Crippen LogP contribution in [0.2, 0.25) is 0 Å². The van der Waals surface area contributed by atoms with E-state index >= 15 is 0 Å². The normalized spacial score (nSPS) is 10.7. The summed E-state index contributed by atoms with van der Waals surface area (Å²) in [4.78, 5) is 0. The summed E-state index contributed by atoms with van der Waals surface area (Å²) in [7, 11) is 1.66. The second-order valence-electron chi connectivity index (χ2n) is 4.74. The second-order valence-corrected chi connectivity index (χ2v) is 6.18. The zero-order valence-corrected chi connectivity index (χ0v) is 14.2. The maximum absolute atomic E-state index is 5.82. The molecule has 1 heterocycles. The van der Waals surface area contributed by atoms with E-state index in [0.717, 1.165) is 33.7 Å². The van der Waals surface area contributed by atoms with Crippen LogP contribution in [0.25, 0.3) is 17.1 Å². The van der Waals surface area contributed by atoms with Crippen molar-refractivity contribution in [2.24, 2.45) is 0 Å². The molecule has 1 aromatic heterocycles. The molecule has 6 heteroatoms. The lowest BCUT2D eigenvalue weighted by Gasteiger charge is -2.10. The first-order chi connectivity index (χ1) is 11.3. The van der Waals surface area contributed by atoms with Gasteiger partial charge in [-0.3, -0.25) is 4.57 Å². The molecule has 2 aromatic carbocycles. The largest absolute Gasteiger partial charge is 0.497 e. The average Bonchev–Trinajstić information content (AvgIpc) is 3.04. The minimum absolute atomic E-state index is 0.570. The van der Waals surface area contributed by atoms with Crippen LogP contribution in [-0.2, 0) is 0 Å². The highest BCUT2D eigenvalue weighted by Gasteiger charge is 2.15. The highest BCUT2D eigenvalue weighted by molar-refractivity contribution is 7.99. The Labute approximate surface area is 144 Å². The van der Waals surface area contributed by atoms with Gasteiger partial charge in [0.05, 0.1) is 7.11 Å². The standard InChI is InChI=1S/C17H16ClN3OS/c1-22-15-9-7-14(8-10-15)21-16(13-5-3-2-4-6-13)19-20-17(21)23-12-11-18/h2-10H,11-12H2,1H3. The Balaban J connectivity index is 2.08. The van der Waals surface area contributed by atoms with Crippen molar-refractivity contribution in [2.75, 3.05) is 18.7 Å². The number of benzene rings is 2. The van der Waals surface area contributed by atoms with E-state index in [1.165, 1.54) is 0 Å². The Bertz CT molecular complexity index is 759. The highest BCUT2D eigenvalue weighted by Crippen LogP contribution is 2.28. The van der Waals surface area contributed by atoms with Crippen LogP contribution in [0.3, 0.4) is 0 Å². The third kappa shape index (κ3) is 3.51. The van der Waals surface area contributed by atoms with Crippen molar-refractivity contribution >= 4 is 23.4 Å². The number of alkyl halides is 1. The smallest absolute Gasteiger partial charge is 0.196 e. The van der Waals surface area contributed by atoms with Crippen molar-refractivity contribution in [3.63, 3.8) is 0 Å². The van der Waals surface area contributed by atoms with Gasteiger partial charge in [-0.15, -0.1) is 21.8 Å². The molecule has 3 rings (SSSR count). The van der Waals surface area contributed by atoms with Crippen molar-refractivity contribution in [1.82, 2.24) is 14.8 Å². The molecule has 4 nitrogen and oxygen atoms in total. The van der Waals surface area contributed by atoms with Crippen LogP contribution in [0.4, 0.5) is 0 Å². The number of thioether (sulfide) groups is 1. The fourth-order valence-corrected chi connectivity index (χ4v) is 3.14. The van der Waals surface area contributed by atoms with E-state index in [9.17, 15) is 0 Å². The molecular formula is C17H16ClN3OS. The molecule has 118 valence electrons. The van der Waals surface area contributed by atoms with Gasteiger partial charge in [-0.05, 0) is 24.3 Å². The molecule has 0 atom stereocenters. The van der Waals surface area contributed by atoms with Gasteiger partial charge in [-0.1, -0.05) is 42.1 Å². The van der Waals surface area contributed by atoms with Gasteiger partial charge in [0.2, 0.25) is 0 Å². The monoisotopic (exact) mass is 345 g/mol. The highest BCUT2D eigenvalue weighted by atomic mass is 35.5. The van der Waals surface area contributed by atoms with E-state index in [-0.39, 0.29) is 0 Å². The molecule has 0 aliphatic heterocycles. The van der Waals surface area contributed by atoms with Crippen LogP contribution in [0, 0.1) is 0 Å². The molecule has 0 fully saturated rings. The average molecular weight is 346 g/mol. The van der Waals surface area contributed by atoms with E-state index in [2.05, 4.69) is 10.2 Å². The Kier molecular flexibility index (Phi) is 5.20. The van der Waals surface area contributed by atoms with Crippen LogP contribution in [0.1, 0.15) is 0 Å². The molecule has 0 aliphatic rings. The molecule has 0 N–H and O–H groups in total. The van der Waals surface area contributed by atoms with Crippen LogP contribution < -0.4 is 4.74 Å². The van der Waals surface area contributed by atoms with Gasteiger partial charge in [0.15, 0.2) is 11.0 Å². The Morgan fingerprint density at radius 1 is 1.04 bits per heavy atom. The van der Waals surface area contributed by atoms with Gasteiger partial charge in [-0.25, -0.2) is 0 Å². The quantitative estimate of drug-likeness (QED) is 0.494. The van der Waals surface area contributed by atoms with E-state index in [0.29, 0.717) is 5.88 Å². The van der Waals surface area contributed by atoms with E-state index in [1.54, 1.807) is 18.9 Å². The lowest BCUT2D eigenvalue weighted by Crippen LogP contribution is -2.00. The van der Waals surface area contributed by atoms with Crippen molar-refractivity contribution < 1.29 is 4.74 Å². The summed E-state index contributed by atoms with van der Waals surface area (Å²) in [5.74, 6) is 2.98. The predicted octanol–water partition coefficient (Wildman–Crippen LogP) is 4.27. The first kappa shape index (κ1) is 15.9. The summed E-state index contributed by atoms with van der Waals surface area (Å²) in [5, 5.41) is 9.54. The molecule has 0 spiro atoms. The van der Waals surface area contributed by atoms with Crippen LogP contribution in [0.5, 0.6) is 5.75 Å². The molecule has 0 amide bonds. The molecular weight excluding hydrogens is 330 g/mol. The predicted molar refractivity (Wildman–Crippen MR) is 94.8 cm³/mol.